The van der Waals surface area contributed by atoms with Crippen LogP contribution in [0.5, 0.6) is 0 Å². The average Bonchev–Trinajstić information content (AvgIpc) is 3.37. The summed E-state index contributed by atoms with van der Waals surface area (Å²) in [7, 11) is 0. The van der Waals surface area contributed by atoms with Gasteiger partial charge in [0.05, 0.1) is 0 Å². The molecular weight excluding hydrogens is 771 g/mol. The molecule has 0 N–H and O–H groups in total. The Morgan fingerprint density at radius 3 is 0.547 bits per heavy atom. The summed E-state index contributed by atoms with van der Waals surface area (Å²) in [5, 5.41) is 0. The van der Waals surface area contributed by atoms with Gasteiger partial charge in [0.2, 0.25) is 0 Å². The summed E-state index contributed by atoms with van der Waals surface area (Å²) < 4.78 is 0. The third kappa shape index (κ3) is 8.98. The summed E-state index contributed by atoms with van der Waals surface area (Å²) in [5.74, 6) is 0. The third-order valence-corrected chi connectivity index (χ3v) is 12.2. The smallest absolute Gasteiger partial charge is 0.0462 e. The normalized spacial score (nSPS) is 10.7. The molecule has 64 heavy (non-hydrogen) atoms. The highest BCUT2D eigenvalue weighted by molar-refractivity contribution is 6.00. The zero-order chi connectivity index (χ0) is 43.7. The summed E-state index contributed by atoms with van der Waals surface area (Å²) >= 11 is 0. The summed E-state index contributed by atoms with van der Waals surface area (Å²) in [5.41, 5.74) is 21.4. The first-order valence-corrected chi connectivity index (χ1v) is 22.1. The second kappa shape index (κ2) is 19.4. The van der Waals surface area contributed by atoms with Gasteiger partial charge < -0.3 is 4.90 Å². The van der Waals surface area contributed by atoms with E-state index < -0.39 is 0 Å². The number of allylic oxidation sites excluding steroid dienone is 3. The molecule has 308 valence electrons. The minimum absolute atomic E-state index is 1.08. The molecule has 0 bridgehead atoms. The van der Waals surface area contributed by atoms with Gasteiger partial charge >= 0.3 is 0 Å². The molecule has 0 aliphatic heterocycles. The molecule has 1 heteroatoms. The SMILES string of the molecule is CC(=C(c1ccccc1)c1ccccc1)c1ccc(N(c2ccc(C(C)=C(c3ccccc3)c3ccccc3)cc2)c2ccc(C(C)=C(c3ccccc3)c3ccccc3)cc2)cc1. The Morgan fingerprint density at radius 1 is 0.203 bits per heavy atom. The van der Waals surface area contributed by atoms with Crippen molar-refractivity contribution < 1.29 is 0 Å². The van der Waals surface area contributed by atoms with Crippen molar-refractivity contribution in [1.29, 1.82) is 0 Å². The highest BCUT2D eigenvalue weighted by atomic mass is 15.1. The molecule has 0 aliphatic rings. The van der Waals surface area contributed by atoms with Crippen molar-refractivity contribution in [3.63, 3.8) is 0 Å². The van der Waals surface area contributed by atoms with Gasteiger partial charge in [-0.05, 0) is 141 Å². The first-order valence-electron chi connectivity index (χ1n) is 22.1. The van der Waals surface area contributed by atoms with Gasteiger partial charge in [0.15, 0.2) is 0 Å². The maximum atomic E-state index is 2.37. The average molecular weight is 822 g/mol. The Hall–Kier alpha value is -8.00. The van der Waals surface area contributed by atoms with Crippen molar-refractivity contribution in [1.82, 2.24) is 0 Å². The van der Waals surface area contributed by atoms with E-state index in [1.165, 1.54) is 83.5 Å². The summed E-state index contributed by atoms with van der Waals surface area (Å²) in [6.45, 7) is 6.72. The van der Waals surface area contributed by atoms with Crippen molar-refractivity contribution in [2.75, 3.05) is 4.90 Å². The molecule has 0 radical (unpaired) electrons. The lowest BCUT2D eigenvalue weighted by molar-refractivity contribution is 1.27. The van der Waals surface area contributed by atoms with Crippen LogP contribution in [0.1, 0.15) is 70.8 Å². The summed E-state index contributed by atoms with van der Waals surface area (Å²) in [4.78, 5) is 2.37. The molecule has 0 saturated heterocycles. The van der Waals surface area contributed by atoms with E-state index in [4.69, 9.17) is 0 Å². The van der Waals surface area contributed by atoms with Crippen LogP contribution in [0.4, 0.5) is 17.1 Å². The quantitative estimate of drug-likeness (QED) is 0.111. The highest BCUT2D eigenvalue weighted by Crippen LogP contribution is 2.40. The Bertz CT molecular complexity index is 2560. The summed E-state index contributed by atoms with van der Waals surface area (Å²) in [6, 6.07) is 91.5. The molecule has 0 spiro atoms. The Morgan fingerprint density at radius 2 is 0.375 bits per heavy atom. The number of benzene rings is 9. The molecule has 1 nitrogen and oxygen atoms in total. The van der Waals surface area contributed by atoms with Crippen LogP contribution in [0.15, 0.2) is 255 Å². The fraction of sp³-hybridized carbons (Fsp3) is 0.0476. The minimum Gasteiger partial charge on any atom is -0.311 e. The van der Waals surface area contributed by atoms with Crippen LogP contribution < -0.4 is 4.90 Å². The van der Waals surface area contributed by atoms with Gasteiger partial charge in [-0.2, -0.15) is 0 Å². The zero-order valence-electron chi connectivity index (χ0n) is 36.7. The van der Waals surface area contributed by atoms with E-state index in [1.54, 1.807) is 0 Å². The molecular formula is C63H51N. The number of rotatable bonds is 12. The van der Waals surface area contributed by atoms with Gasteiger partial charge in [-0.25, -0.2) is 0 Å². The van der Waals surface area contributed by atoms with E-state index in [2.05, 4.69) is 280 Å². The first-order chi connectivity index (χ1) is 31.5. The van der Waals surface area contributed by atoms with Gasteiger partial charge in [0.25, 0.3) is 0 Å². The third-order valence-electron chi connectivity index (χ3n) is 12.2. The van der Waals surface area contributed by atoms with Gasteiger partial charge in [0, 0.05) is 17.1 Å². The Labute approximate surface area is 379 Å². The van der Waals surface area contributed by atoms with Crippen molar-refractivity contribution in [3.8, 4) is 0 Å². The highest BCUT2D eigenvalue weighted by Gasteiger charge is 2.18. The fourth-order valence-electron chi connectivity index (χ4n) is 8.89. The predicted octanol–water partition coefficient (Wildman–Crippen LogP) is 17.1. The van der Waals surface area contributed by atoms with E-state index in [0.717, 1.165) is 17.1 Å². The molecule has 9 rings (SSSR count). The topological polar surface area (TPSA) is 3.24 Å². The largest absolute Gasteiger partial charge is 0.311 e. The lowest BCUT2D eigenvalue weighted by Gasteiger charge is -2.27. The summed E-state index contributed by atoms with van der Waals surface area (Å²) in [6.07, 6.45) is 0. The molecule has 9 aromatic carbocycles. The van der Waals surface area contributed by atoms with Crippen molar-refractivity contribution in [3.05, 3.63) is 305 Å². The van der Waals surface area contributed by atoms with Gasteiger partial charge in [-0.3, -0.25) is 0 Å². The Kier molecular flexibility index (Phi) is 12.5. The predicted molar refractivity (Wildman–Crippen MR) is 275 cm³/mol. The van der Waals surface area contributed by atoms with Crippen molar-refractivity contribution >= 4 is 50.5 Å². The van der Waals surface area contributed by atoms with Crippen LogP contribution >= 0.6 is 0 Å². The molecule has 9 aromatic rings. The number of hydrogen-bond acceptors (Lipinski definition) is 1. The van der Waals surface area contributed by atoms with Crippen LogP contribution in [0.2, 0.25) is 0 Å². The monoisotopic (exact) mass is 821 g/mol. The number of hydrogen-bond donors (Lipinski definition) is 0. The van der Waals surface area contributed by atoms with Crippen LogP contribution in [-0.4, -0.2) is 0 Å². The number of nitrogens with zero attached hydrogens (tertiary/aromatic N) is 1. The van der Waals surface area contributed by atoms with E-state index >= 15 is 0 Å². The molecule has 0 aromatic heterocycles. The van der Waals surface area contributed by atoms with E-state index in [9.17, 15) is 0 Å². The molecule has 0 heterocycles. The van der Waals surface area contributed by atoms with Crippen LogP contribution in [0.3, 0.4) is 0 Å². The van der Waals surface area contributed by atoms with Gasteiger partial charge in [-0.15, -0.1) is 0 Å². The van der Waals surface area contributed by atoms with E-state index in [0.29, 0.717) is 0 Å². The van der Waals surface area contributed by atoms with E-state index in [1.807, 2.05) is 0 Å². The maximum Gasteiger partial charge on any atom is 0.0462 e. The standard InChI is InChI=1S/C63H51N/c1-46(61(52-22-10-4-11-23-52)53-24-12-5-13-25-53)49-34-40-58(41-35-49)64(59-42-36-50(37-43-59)47(2)62(54-26-14-6-15-27-54)55-28-16-7-17-29-55)60-44-38-51(39-45-60)48(3)63(56-30-18-8-19-31-56)57-32-20-9-21-33-57/h4-45H,1-3H3. The molecule has 0 amide bonds. The molecule has 0 aliphatic carbocycles. The molecule has 0 unspecified atom stereocenters. The van der Waals surface area contributed by atoms with Crippen molar-refractivity contribution in [2.45, 2.75) is 20.8 Å². The molecule has 0 atom stereocenters. The van der Waals surface area contributed by atoms with Crippen LogP contribution in [0, 0.1) is 0 Å². The van der Waals surface area contributed by atoms with E-state index in [-0.39, 0.29) is 0 Å². The lowest BCUT2D eigenvalue weighted by atomic mass is 9.90. The number of anilines is 3. The molecule has 0 saturated carbocycles. The second-order valence-corrected chi connectivity index (χ2v) is 16.2. The van der Waals surface area contributed by atoms with Gasteiger partial charge in [0.1, 0.15) is 0 Å². The second-order valence-electron chi connectivity index (χ2n) is 16.2. The van der Waals surface area contributed by atoms with Crippen LogP contribution in [0.25, 0.3) is 33.4 Å². The first kappa shape index (κ1) is 41.4. The molecule has 0 fully saturated rings. The minimum atomic E-state index is 1.08. The maximum absolute atomic E-state index is 2.37. The fourth-order valence-corrected chi connectivity index (χ4v) is 8.89. The Balaban J connectivity index is 1.14. The van der Waals surface area contributed by atoms with Crippen LogP contribution in [-0.2, 0) is 0 Å². The lowest BCUT2D eigenvalue weighted by Crippen LogP contribution is -2.10. The van der Waals surface area contributed by atoms with Gasteiger partial charge in [-0.1, -0.05) is 218 Å². The zero-order valence-corrected chi connectivity index (χ0v) is 36.7. The van der Waals surface area contributed by atoms with Crippen molar-refractivity contribution in [2.24, 2.45) is 0 Å².